The van der Waals surface area contributed by atoms with E-state index in [1.807, 2.05) is 13.1 Å². The van der Waals surface area contributed by atoms with E-state index in [1.54, 1.807) is 0 Å². The van der Waals surface area contributed by atoms with Crippen molar-refractivity contribution >= 4 is 5.97 Å². The average molecular weight is 805 g/mol. The highest BCUT2D eigenvalue weighted by Crippen LogP contribution is 2.56. The van der Waals surface area contributed by atoms with Crippen LogP contribution in [0.2, 0.25) is 0 Å². The number of H-pyrrole nitrogens is 1. The summed E-state index contributed by atoms with van der Waals surface area (Å²) in [6, 6.07) is 2.43. The van der Waals surface area contributed by atoms with Gasteiger partial charge in [-0.25, -0.2) is 0 Å². The van der Waals surface area contributed by atoms with Crippen molar-refractivity contribution in [1.29, 1.82) is 0 Å². The van der Waals surface area contributed by atoms with Crippen LogP contribution in [0.3, 0.4) is 0 Å². The quantitative estimate of drug-likeness (QED) is 0.0612. The van der Waals surface area contributed by atoms with E-state index in [1.165, 1.54) is 48.2 Å². The molecule has 9 N–H and O–H groups in total. The number of fused-ring (bicyclic) bond motifs is 2. The molecule has 0 amide bonds. The van der Waals surface area contributed by atoms with E-state index in [9.17, 15) is 25.2 Å². The lowest BCUT2D eigenvalue weighted by Gasteiger charge is -2.44. The molecular formula is C49H80N4O5. The number of aryl methyl sites for hydroxylation is 1. The molecule has 2 fully saturated rings. The molecule has 1 aromatic rings. The number of rotatable bonds is 16. The highest BCUT2D eigenvalue weighted by atomic mass is 16.4. The number of hydrogen-bond acceptors (Lipinski definition) is 7. The van der Waals surface area contributed by atoms with Gasteiger partial charge in [-0.05, 0) is 149 Å². The molecule has 0 saturated heterocycles. The van der Waals surface area contributed by atoms with Crippen LogP contribution in [0.15, 0.2) is 41.8 Å². The SMILES string of the molecule is CCCCCC1C=CC(CCCCC2CCC(c3cc4c([nH]3)CCC(C(C)C)C4C)C3CC(CC4=CCNC(N)=C4)CC3(O)C(CNC)CC(O)C2C(=O)O)C(O)C1. The van der Waals surface area contributed by atoms with Crippen LogP contribution < -0.4 is 16.4 Å². The Bertz CT molecular complexity index is 1580. The number of aliphatic hydroxyl groups excluding tert-OH is 2. The molecule has 13 atom stereocenters. The molecule has 1 aromatic heterocycles. The van der Waals surface area contributed by atoms with Crippen molar-refractivity contribution in [2.45, 2.75) is 166 Å². The summed E-state index contributed by atoms with van der Waals surface area (Å²) in [6.45, 7) is 10.5. The Balaban J connectivity index is 1.27. The van der Waals surface area contributed by atoms with Crippen molar-refractivity contribution in [3.63, 3.8) is 0 Å². The molecule has 9 heteroatoms. The first kappa shape index (κ1) is 44.9. The number of nitrogens with one attached hydrogen (secondary N) is 3. The Morgan fingerprint density at radius 2 is 1.79 bits per heavy atom. The van der Waals surface area contributed by atoms with Crippen LogP contribution in [0.1, 0.15) is 159 Å². The van der Waals surface area contributed by atoms with Crippen molar-refractivity contribution < 1.29 is 25.2 Å². The maximum absolute atomic E-state index is 13.3. The van der Waals surface area contributed by atoms with Gasteiger partial charge in [-0.3, -0.25) is 4.79 Å². The highest BCUT2D eigenvalue weighted by molar-refractivity contribution is 5.71. The summed E-state index contributed by atoms with van der Waals surface area (Å²) in [5.41, 5.74) is 10.3. The van der Waals surface area contributed by atoms with E-state index in [2.05, 4.69) is 67.6 Å². The largest absolute Gasteiger partial charge is 0.481 e. The third-order valence-corrected chi connectivity index (χ3v) is 15.9. The summed E-state index contributed by atoms with van der Waals surface area (Å²) < 4.78 is 0. The summed E-state index contributed by atoms with van der Waals surface area (Å²) >= 11 is 0. The zero-order valence-corrected chi connectivity index (χ0v) is 36.6. The Kier molecular flexibility index (Phi) is 15.7. The van der Waals surface area contributed by atoms with Crippen molar-refractivity contribution in [3.8, 4) is 0 Å². The van der Waals surface area contributed by atoms with Gasteiger partial charge >= 0.3 is 5.97 Å². The zero-order chi connectivity index (χ0) is 41.6. The van der Waals surface area contributed by atoms with E-state index in [0.717, 1.165) is 64.2 Å². The predicted molar refractivity (Wildman–Crippen MR) is 234 cm³/mol. The number of aromatic amines is 1. The highest BCUT2D eigenvalue weighted by Gasteiger charge is 2.55. The van der Waals surface area contributed by atoms with Gasteiger partial charge in [0.2, 0.25) is 0 Å². The maximum Gasteiger partial charge on any atom is 0.309 e. The van der Waals surface area contributed by atoms with E-state index in [0.29, 0.717) is 55.4 Å². The van der Waals surface area contributed by atoms with Crippen LogP contribution in [0.5, 0.6) is 0 Å². The number of dihydropyridines is 1. The fourth-order valence-corrected chi connectivity index (χ4v) is 12.8. The lowest BCUT2D eigenvalue weighted by Crippen LogP contribution is -2.51. The third-order valence-electron chi connectivity index (χ3n) is 15.9. The molecule has 2 saturated carbocycles. The van der Waals surface area contributed by atoms with Gasteiger partial charge in [0.15, 0.2) is 0 Å². The van der Waals surface area contributed by atoms with Crippen LogP contribution in [0.4, 0.5) is 0 Å². The molecular weight excluding hydrogens is 725 g/mol. The number of hydrogen-bond donors (Lipinski definition) is 8. The summed E-state index contributed by atoms with van der Waals surface area (Å²) in [6.07, 6.45) is 22.7. The fraction of sp³-hybridized carbons (Fsp3) is 0.776. The lowest BCUT2D eigenvalue weighted by molar-refractivity contribution is -0.152. The minimum Gasteiger partial charge on any atom is -0.481 e. The number of nitrogens with two attached hydrogens (primary N) is 1. The van der Waals surface area contributed by atoms with Crippen LogP contribution in [-0.4, -0.2) is 69.3 Å². The lowest BCUT2D eigenvalue weighted by atomic mass is 9.65. The number of aromatic nitrogens is 1. The second kappa shape index (κ2) is 20.3. The number of aliphatic hydroxyl groups is 3. The average Bonchev–Trinajstić information content (AvgIpc) is 3.75. The Labute approximate surface area is 350 Å². The minimum atomic E-state index is -1.08. The van der Waals surface area contributed by atoms with Gasteiger partial charge in [0.1, 0.15) is 0 Å². The van der Waals surface area contributed by atoms with E-state index >= 15 is 0 Å². The predicted octanol–water partition coefficient (Wildman–Crippen LogP) is 8.29. The Morgan fingerprint density at radius 1 is 1.02 bits per heavy atom. The molecule has 0 aromatic carbocycles. The number of carboxylic acids is 1. The van der Waals surface area contributed by atoms with Crippen LogP contribution in [-0.2, 0) is 11.2 Å². The van der Waals surface area contributed by atoms with Crippen molar-refractivity contribution in [2.24, 2.45) is 59.0 Å². The van der Waals surface area contributed by atoms with Crippen molar-refractivity contribution in [2.75, 3.05) is 20.1 Å². The van der Waals surface area contributed by atoms with Gasteiger partial charge in [0.25, 0.3) is 0 Å². The fourth-order valence-electron chi connectivity index (χ4n) is 12.8. The molecule has 0 spiro atoms. The first-order valence-corrected chi connectivity index (χ1v) is 23.6. The number of carboxylic acid groups (broad SMARTS) is 1. The topological polar surface area (TPSA) is 164 Å². The van der Waals surface area contributed by atoms with Gasteiger partial charge in [-0.15, -0.1) is 0 Å². The Hall–Kier alpha value is -2.59. The molecule has 9 nitrogen and oxygen atoms in total. The Morgan fingerprint density at radius 3 is 2.50 bits per heavy atom. The molecule has 1 aliphatic heterocycles. The monoisotopic (exact) mass is 805 g/mol. The van der Waals surface area contributed by atoms with Crippen molar-refractivity contribution in [1.82, 2.24) is 15.6 Å². The van der Waals surface area contributed by atoms with Crippen LogP contribution >= 0.6 is 0 Å². The van der Waals surface area contributed by atoms with E-state index in [4.69, 9.17) is 5.73 Å². The molecule has 2 heterocycles. The van der Waals surface area contributed by atoms with Gasteiger partial charge < -0.3 is 41.8 Å². The first-order valence-electron chi connectivity index (χ1n) is 23.6. The summed E-state index contributed by atoms with van der Waals surface area (Å²) in [5, 5.41) is 53.7. The van der Waals surface area contributed by atoms with Gasteiger partial charge in [-0.1, -0.05) is 78.0 Å². The first-order chi connectivity index (χ1) is 27.8. The molecule has 4 aliphatic carbocycles. The van der Waals surface area contributed by atoms with Gasteiger partial charge in [-0.2, -0.15) is 0 Å². The van der Waals surface area contributed by atoms with Gasteiger partial charge in [0.05, 0.1) is 29.5 Å². The molecule has 6 rings (SSSR count). The van der Waals surface area contributed by atoms with E-state index < -0.39 is 23.6 Å². The number of allylic oxidation sites excluding steroid dienone is 3. The number of aliphatic carboxylic acids is 1. The molecule has 13 unspecified atom stereocenters. The number of carbonyl (C=O) groups is 1. The van der Waals surface area contributed by atoms with Crippen molar-refractivity contribution in [3.05, 3.63) is 58.7 Å². The van der Waals surface area contributed by atoms with Gasteiger partial charge in [0, 0.05) is 42.2 Å². The van der Waals surface area contributed by atoms with Crippen LogP contribution in [0, 0.1) is 53.3 Å². The van der Waals surface area contributed by atoms with Crippen LogP contribution in [0.25, 0.3) is 0 Å². The standard InChI is InChI=1S/C49H80N4O5/c1-6-7-8-11-32-14-15-35(44(54)24-32)12-9-10-13-36-16-17-39(43-27-40-31(4)38(30(2)3)18-19-42(40)53-43)41-23-34(22-33-20-21-52-46(50)25-33)28-49(41,58)37(29-51-5)26-45(55)47(36)48(56)57/h14-15,20,25,27,30-32,34-39,41,44-45,47,51-55,58H,6-13,16-19,21-24,26,28-29,50H2,1-5H3,(H,56,57). The summed E-state index contributed by atoms with van der Waals surface area (Å²) in [4.78, 5) is 17.2. The number of unbranched alkanes of at least 4 members (excludes halogenated alkanes) is 3. The zero-order valence-electron chi connectivity index (χ0n) is 36.6. The normalized spacial score (nSPS) is 36.8. The second-order valence-electron chi connectivity index (χ2n) is 20.0. The molecule has 0 bridgehead atoms. The molecule has 5 aliphatic rings. The molecule has 0 radical (unpaired) electrons. The third kappa shape index (κ3) is 10.5. The molecule has 326 valence electrons. The smallest absolute Gasteiger partial charge is 0.309 e. The minimum absolute atomic E-state index is 0.0345. The molecule has 58 heavy (non-hydrogen) atoms. The maximum atomic E-state index is 13.3. The van der Waals surface area contributed by atoms with E-state index in [-0.39, 0.29) is 48.0 Å². The summed E-state index contributed by atoms with van der Waals surface area (Å²) in [7, 11) is 1.90. The second-order valence-corrected chi connectivity index (χ2v) is 20.0. The summed E-state index contributed by atoms with van der Waals surface area (Å²) in [5.74, 6) is 0.866.